The third-order valence-corrected chi connectivity index (χ3v) is 7.26. The van der Waals surface area contributed by atoms with Gasteiger partial charge in [-0.15, -0.1) is 0 Å². The number of nitrogens with one attached hydrogen (secondary N) is 1. The first-order chi connectivity index (χ1) is 19.0. The largest absolute Gasteiger partial charge is 0.493 e. The number of hydrogen-bond acceptors (Lipinski definition) is 6. The summed E-state index contributed by atoms with van der Waals surface area (Å²) in [5.41, 5.74) is 2.57. The summed E-state index contributed by atoms with van der Waals surface area (Å²) in [6.45, 7) is 4.07. The van der Waals surface area contributed by atoms with Crippen LogP contribution < -0.4 is 14.8 Å². The van der Waals surface area contributed by atoms with E-state index in [4.69, 9.17) is 14.5 Å². The zero-order valence-electron chi connectivity index (χ0n) is 22.3. The third kappa shape index (κ3) is 6.95. The Balaban J connectivity index is 1.59. The van der Waals surface area contributed by atoms with Gasteiger partial charge in [-0.1, -0.05) is 30.0 Å². The quantitative estimate of drug-likeness (QED) is 0.334. The van der Waals surface area contributed by atoms with Gasteiger partial charge in [0.05, 0.1) is 32.0 Å². The van der Waals surface area contributed by atoms with Gasteiger partial charge in [-0.2, -0.15) is 13.2 Å². The number of hydrogen-bond donors (Lipinski definition) is 1. The maximum Gasteiger partial charge on any atom is 0.416 e. The van der Waals surface area contributed by atoms with Crippen molar-refractivity contribution in [3.63, 3.8) is 0 Å². The summed E-state index contributed by atoms with van der Waals surface area (Å²) in [6.07, 6.45) is -4.78. The number of aliphatic imine (C=N–C) groups is 1. The predicted octanol–water partition coefficient (Wildman–Crippen LogP) is 6.50. The SMILES string of the molecule is COc1ccc(CN2C(=O)C(CC(=O)Nc3cccc(C(F)(F)F)c3)SC2=Nc2cc(C)cc(C)c2)cc1OC. The Morgan fingerprint density at radius 3 is 2.35 bits per heavy atom. The van der Waals surface area contributed by atoms with Crippen LogP contribution in [0.15, 0.2) is 65.7 Å². The van der Waals surface area contributed by atoms with E-state index in [1.54, 1.807) is 18.2 Å². The van der Waals surface area contributed by atoms with Crippen LogP contribution in [0.1, 0.15) is 28.7 Å². The molecule has 7 nitrogen and oxygen atoms in total. The van der Waals surface area contributed by atoms with E-state index in [0.29, 0.717) is 22.4 Å². The highest BCUT2D eigenvalue weighted by molar-refractivity contribution is 8.15. The Morgan fingerprint density at radius 1 is 1.00 bits per heavy atom. The van der Waals surface area contributed by atoms with Gasteiger partial charge in [-0.25, -0.2) is 4.99 Å². The van der Waals surface area contributed by atoms with Crippen molar-refractivity contribution < 1.29 is 32.2 Å². The number of anilines is 1. The number of ether oxygens (including phenoxy) is 2. The van der Waals surface area contributed by atoms with Gasteiger partial charge in [-0.3, -0.25) is 14.5 Å². The molecule has 1 N–H and O–H groups in total. The molecular formula is C29H28F3N3O4S. The van der Waals surface area contributed by atoms with Gasteiger partial charge < -0.3 is 14.8 Å². The van der Waals surface area contributed by atoms with Gasteiger partial charge in [0.2, 0.25) is 11.8 Å². The third-order valence-electron chi connectivity index (χ3n) is 6.08. The Kier molecular flexibility index (Phi) is 8.73. The summed E-state index contributed by atoms with van der Waals surface area (Å²) in [4.78, 5) is 32.6. The number of thioether (sulfide) groups is 1. The lowest BCUT2D eigenvalue weighted by Gasteiger charge is -2.18. The van der Waals surface area contributed by atoms with Crippen molar-refractivity contribution >= 4 is 40.1 Å². The van der Waals surface area contributed by atoms with Gasteiger partial charge in [0.1, 0.15) is 5.25 Å². The molecule has 3 aromatic rings. The Labute approximate surface area is 234 Å². The second-order valence-electron chi connectivity index (χ2n) is 9.29. The van der Waals surface area contributed by atoms with Crippen molar-refractivity contribution in [3.05, 3.63) is 82.9 Å². The van der Waals surface area contributed by atoms with Crippen LogP contribution in [0.2, 0.25) is 0 Å². The lowest BCUT2D eigenvalue weighted by atomic mass is 10.1. The lowest BCUT2D eigenvalue weighted by molar-refractivity contribution is -0.137. The standard InChI is InChI=1S/C29H28F3N3O4S/c1-17-10-18(2)12-22(11-17)34-28-35(16-19-8-9-23(38-3)24(13-19)39-4)27(37)25(40-28)15-26(36)33-21-7-5-6-20(14-21)29(30,31)32/h5-14,25H,15-16H2,1-4H3,(H,33,36). The molecule has 11 heteroatoms. The number of nitrogens with zero attached hydrogens (tertiary/aromatic N) is 2. The topological polar surface area (TPSA) is 80.2 Å². The molecular weight excluding hydrogens is 543 g/mol. The molecule has 4 rings (SSSR count). The van der Waals surface area contributed by atoms with E-state index in [9.17, 15) is 22.8 Å². The van der Waals surface area contributed by atoms with Crippen LogP contribution in [0.3, 0.4) is 0 Å². The second-order valence-corrected chi connectivity index (χ2v) is 10.5. The molecule has 1 unspecified atom stereocenters. The van der Waals surface area contributed by atoms with E-state index in [1.807, 2.05) is 32.0 Å². The normalized spacial score (nSPS) is 16.4. The van der Waals surface area contributed by atoms with Gasteiger partial charge in [0, 0.05) is 12.1 Å². The van der Waals surface area contributed by atoms with Gasteiger partial charge in [-0.05, 0) is 73.0 Å². The smallest absolute Gasteiger partial charge is 0.416 e. The number of methoxy groups -OCH3 is 2. The van der Waals surface area contributed by atoms with E-state index in [2.05, 4.69) is 5.32 Å². The van der Waals surface area contributed by atoms with E-state index < -0.39 is 22.9 Å². The number of carbonyl (C=O) groups excluding carboxylic acids is 2. The summed E-state index contributed by atoms with van der Waals surface area (Å²) in [6, 6.07) is 15.5. The Morgan fingerprint density at radius 2 is 1.70 bits per heavy atom. The van der Waals surface area contributed by atoms with Crippen molar-refractivity contribution in [2.75, 3.05) is 19.5 Å². The molecule has 1 heterocycles. The molecule has 40 heavy (non-hydrogen) atoms. The molecule has 0 radical (unpaired) electrons. The molecule has 1 fully saturated rings. The summed E-state index contributed by atoms with van der Waals surface area (Å²) in [5, 5.41) is 2.09. The molecule has 1 saturated heterocycles. The minimum atomic E-state index is -4.54. The first kappa shape index (κ1) is 29.0. The van der Waals surface area contributed by atoms with Crippen molar-refractivity contribution in [2.24, 2.45) is 4.99 Å². The average Bonchev–Trinajstić information content (AvgIpc) is 3.16. The van der Waals surface area contributed by atoms with E-state index in [-0.39, 0.29) is 24.6 Å². The fourth-order valence-electron chi connectivity index (χ4n) is 4.31. The van der Waals surface area contributed by atoms with Crippen molar-refractivity contribution in [1.29, 1.82) is 0 Å². The summed E-state index contributed by atoms with van der Waals surface area (Å²) >= 11 is 1.15. The van der Waals surface area contributed by atoms with Crippen LogP contribution in [0.25, 0.3) is 0 Å². The molecule has 0 saturated carbocycles. The molecule has 0 aromatic heterocycles. The maximum atomic E-state index is 13.5. The summed E-state index contributed by atoms with van der Waals surface area (Å²) < 4.78 is 49.9. The number of rotatable bonds is 8. The Bertz CT molecular complexity index is 1440. The van der Waals surface area contributed by atoms with E-state index >= 15 is 0 Å². The first-order valence-electron chi connectivity index (χ1n) is 12.3. The number of aryl methyl sites for hydroxylation is 2. The second kappa shape index (κ2) is 12.0. The predicted molar refractivity (Wildman–Crippen MR) is 149 cm³/mol. The fraction of sp³-hybridized carbons (Fsp3) is 0.276. The van der Waals surface area contributed by atoms with Crippen molar-refractivity contribution in [1.82, 2.24) is 4.90 Å². The minimum Gasteiger partial charge on any atom is -0.493 e. The maximum absolute atomic E-state index is 13.5. The van der Waals surface area contributed by atoms with Crippen LogP contribution in [0.4, 0.5) is 24.5 Å². The number of alkyl halides is 3. The van der Waals surface area contributed by atoms with Gasteiger partial charge in [0.25, 0.3) is 0 Å². The zero-order chi connectivity index (χ0) is 29.0. The van der Waals surface area contributed by atoms with Crippen LogP contribution >= 0.6 is 11.8 Å². The first-order valence-corrected chi connectivity index (χ1v) is 13.2. The van der Waals surface area contributed by atoms with Crippen LogP contribution in [-0.4, -0.2) is 41.4 Å². The van der Waals surface area contributed by atoms with E-state index in [0.717, 1.165) is 40.6 Å². The van der Waals surface area contributed by atoms with Gasteiger partial charge in [0.15, 0.2) is 16.7 Å². The monoisotopic (exact) mass is 571 g/mol. The highest BCUT2D eigenvalue weighted by Gasteiger charge is 2.39. The number of carbonyl (C=O) groups is 2. The molecule has 0 bridgehead atoms. The average molecular weight is 572 g/mol. The molecule has 1 aliphatic heterocycles. The number of amides is 2. The van der Waals surface area contributed by atoms with Crippen LogP contribution in [-0.2, 0) is 22.3 Å². The number of amidine groups is 1. The minimum absolute atomic E-state index is 0.00146. The molecule has 1 aliphatic rings. The van der Waals surface area contributed by atoms with Crippen molar-refractivity contribution in [3.8, 4) is 11.5 Å². The molecule has 2 amide bonds. The number of halogens is 3. The highest BCUT2D eigenvalue weighted by atomic mass is 32.2. The molecule has 0 spiro atoms. The molecule has 1 atom stereocenters. The Hall–Kier alpha value is -3.99. The van der Waals surface area contributed by atoms with E-state index in [1.165, 1.54) is 31.3 Å². The van der Waals surface area contributed by atoms with Crippen LogP contribution in [0.5, 0.6) is 11.5 Å². The zero-order valence-corrected chi connectivity index (χ0v) is 23.2. The summed E-state index contributed by atoms with van der Waals surface area (Å²) in [5.74, 6) is 0.136. The highest BCUT2D eigenvalue weighted by Crippen LogP contribution is 2.35. The molecule has 210 valence electrons. The van der Waals surface area contributed by atoms with Crippen LogP contribution in [0, 0.1) is 13.8 Å². The molecule has 3 aromatic carbocycles. The fourth-order valence-corrected chi connectivity index (χ4v) is 5.47. The van der Waals surface area contributed by atoms with Gasteiger partial charge >= 0.3 is 6.18 Å². The summed E-state index contributed by atoms with van der Waals surface area (Å²) in [7, 11) is 3.05. The van der Waals surface area contributed by atoms with Crippen molar-refractivity contribution in [2.45, 2.75) is 38.2 Å². The molecule has 0 aliphatic carbocycles. The number of benzene rings is 3. The lowest BCUT2D eigenvalue weighted by Crippen LogP contribution is -2.33.